The number of hydrogen-bond donors (Lipinski definition) is 3. The van der Waals surface area contributed by atoms with Crippen molar-refractivity contribution in [3.8, 4) is 0 Å². The minimum Gasteiger partial charge on any atom is -0.396 e. The van der Waals surface area contributed by atoms with E-state index < -0.39 is 11.6 Å². The lowest BCUT2D eigenvalue weighted by atomic mass is 9.78. The molecule has 21 heavy (non-hydrogen) atoms. The van der Waals surface area contributed by atoms with Crippen molar-refractivity contribution in [3.63, 3.8) is 0 Å². The quantitative estimate of drug-likeness (QED) is 0.503. The number of nitrogens with one attached hydrogen (secondary N) is 2. The van der Waals surface area contributed by atoms with Crippen LogP contribution in [0.5, 0.6) is 0 Å². The van der Waals surface area contributed by atoms with Gasteiger partial charge in [-0.25, -0.2) is 4.79 Å². The number of carbonyl (C=O) groups is 2. The predicted molar refractivity (Wildman–Crippen MR) is 86.0 cm³/mol. The normalized spacial score (nSPS) is 28.7. The topological polar surface area (TPSA) is 81.7 Å². The fraction of sp³-hybridized carbons (Fsp3) is 0.429. The summed E-state index contributed by atoms with van der Waals surface area (Å²) < 4.78 is 1.16. The lowest BCUT2D eigenvalue weighted by molar-refractivity contribution is -0.127. The molecule has 2 atom stereocenters. The number of aliphatic hydroxyl groups excluding tert-OH is 1. The van der Waals surface area contributed by atoms with Gasteiger partial charge in [-0.05, 0) is 53.3 Å². The second-order valence-corrected chi connectivity index (χ2v) is 6.68. The van der Waals surface area contributed by atoms with Crippen LogP contribution in [0.3, 0.4) is 0 Å². The molecule has 2 fully saturated rings. The molecule has 1 aromatic rings. The van der Waals surface area contributed by atoms with E-state index in [-0.39, 0.29) is 18.4 Å². The molecule has 2 aliphatic rings. The van der Waals surface area contributed by atoms with E-state index in [1.807, 2.05) is 24.3 Å². The lowest BCUT2D eigenvalue weighted by Crippen LogP contribution is -2.62. The summed E-state index contributed by atoms with van der Waals surface area (Å²) in [6.07, 6.45) is 0.488. The fourth-order valence-corrected chi connectivity index (χ4v) is 3.46. The fourth-order valence-electron chi connectivity index (χ4n) is 3.10. The van der Waals surface area contributed by atoms with Gasteiger partial charge in [0.05, 0.1) is 6.61 Å². The van der Waals surface area contributed by atoms with E-state index in [9.17, 15) is 14.7 Å². The van der Waals surface area contributed by atoms with Crippen LogP contribution < -0.4 is 15.5 Å². The van der Waals surface area contributed by atoms with Gasteiger partial charge >= 0.3 is 6.03 Å². The summed E-state index contributed by atoms with van der Waals surface area (Å²) in [4.78, 5) is 25.7. The molecule has 1 aromatic carbocycles. The number of amides is 3. The Bertz CT molecular complexity index is 577. The predicted octanol–water partition coefficient (Wildman–Crippen LogP) is 0.688. The van der Waals surface area contributed by atoms with Crippen molar-refractivity contribution in [1.82, 2.24) is 10.6 Å². The molecule has 0 radical (unpaired) electrons. The lowest BCUT2D eigenvalue weighted by Gasteiger charge is -2.43. The molecule has 2 saturated heterocycles. The summed E-state index contributed by atoms with van der Waals surface area (Å²) >= 11 is 2.25. The van der Waals surface area contributed by atoms with E-state index >= 15 is 0 Å². The molecule has 112 valence electrons. The molecule has 3 amide bonds. The number of benzene rings is 1. The maximum absolute atomic E-state index is 12.1. The zero-order valence-corrected chi connectivity index (χ0v) is 13.5. The number of anilines is 1. The first kappa shape index (κ1) is 14.6. The van der Waals surface area contributed by atoms with E-state index in [1.54, 1.807) is 0 Å². The molecule has 7 heteroatoms. The largest absolute Gasteiger partial charge is 0.396 e. The summed E-state index contributed by atoms with van der Waals surface area (Å²) in [5.74, 6) is -0.647. The Hall–Kier alpha value is -1.35. The Labute approximate surface area is 136 Å². The minimum absolute atomic E-state index is 0.144. The van der Waals surface area contributed by atoms with Gasteiger partial charge in [0.2, 0.25) is 0 Å². The zero-order valence-electron chi connectivity index (χ0n) is 11.3. The highest BCUT2D eigenvalue weighted by Gasteiger charge is 2.53. The molecule has 0 bridgehead atoms. The molecule has 2 heterocycles. The second-order valence-electron chi connectivity index (χ2n) is 5.43. The number of halogens is 1. The van der Waals surface area contributed by atoms with Crippen LogP contribution in [0.25, 0.3) is 0 Å². The van der Waals surface area contributed by atoms with Gasteiger partial charge in [-0.1, -0.05) is 0 Å². The van der Waals surface area contributed by atoms with Gasteiger partial charge in [-0.3, -0.25) is 10.1 Å². The summed E-state index contributed by atoms with van der Waals surface area (Å²) in [5.41, 5.74) is 0.0966. The molecule has 0 aliphatic carbocycles. The third-order valence-corrected chi connectivity index (χ3v) is 5.01. The average molecular weight is 401 g/mol. The Balaban J connectivity index is 1.82. The molecular formula is C14H16IN3O3. The van der Waals surface area contributed by atoms with Crippen molar-refractivity contribution in [1.29, 1.82) is 0 Å². The van der Waals surface area contributed by atoms with Crippen LogP contribution in [0.2, 0.25) is 0 Å². The van der Waals surface area contributed by atoms with Crippen molar-refractivity contribution >= 4 is 40.2 Å². The van der Waals surface area contributed by atoms with Crippen molar-refractivity contribution in [3.05, 3.63) is 27.8 Å². The van der Waals surface area contributed by atoms with E-state index in [0.29, 0.717) is 19.5 Å². The van der Waals surface area contributed by atoms with Crippen LogP contribution >= 0.6 is 22.6 Å². The van der Waals surface area contributed by atoms with Crippen molar-refractivity contribution in [2.45, 2.75) is 12.0 Å². The van der Waals surface area contributed by atoms with Gasteiger partial charge in [0, 0.05) is 28.3 Å². The van der Waals surface area contributed by atoms with Crippen LogP contribution in [-0.2, 0) is 4.79 Å². The Morgan fingerprint density at radius 2 is 2.05 bits per heavy atom. The summed E-state index contributed by atoms with van der Waals surface area (Å²) in [6.45, 7) is 1.05. The molecule has 1 spiro atoms. The SMILES string of the molecule is O=C1NC(=O)C2(CCN(c3ccc(I)cc3)CC2CO)N1. The van der Waals surface area contributed by atoms with Crippen LogP contribution in [-0.4, -0.2) is 42.3 Å². The number of urea groups is 1. The highest BCUT2D eigenvalue weighted by atomic mass is 127. The van der Waals surface area contributed by atoms with Crippen LogP contribution in [0, 0.1) is 9.49 Å². The van der Waals surface area contributed by atoms with Gasteiger partial charge < -0.3 is 15.3 Å². The van der Waals surface area contributed by atoms with Gasteiger partial charge in [-0.15, -0.1) is 0 Å². The maximum atomic E-state index is 12.1. The summed E-state index contributed by atoms with van der Waals surface area (Å²) in [7, 11) is 0. The van der Waals surface area contributed by atoms with Crippen molar-refractivity contribution in [2.24, 2.45) is 5.92 Å². The van der Waals surface area contributed by atoms with Crippen LogP contribution in [0.15, 0.2) is 24.3 Å². The van der Waals surface area contributed by atoms with Crippen LogP contribution in [0.4, 0.5) is 10.5 Å². The molecule has 3 N–H and O–H groups in total. The molecule has 2 aliphatic heterocycles. The Morgan fingerprint density at radius 1 is 1.33 bits per heavy atom. The van der Waals surface area contributed by atoms with E-state index in [0.717, 1.165) is 9.26 Å². The number of rotatable bonds is 2. The standard InChI is InChI=1S/C14H16IN3O3/c15-10-1-3-11(4-2-10)18-6-5-14(9(7-18)8-19)12(20)16-13(21)17-14/h1-4,9,19H,5-8H2,(H2,16,17,20,21). The van der Waals surface area contributed by atoms with Crippen LogP contribution in [0.1, 0.15) is 6.42 Å². The second kappa shape index (κ2) is 5.45. The van der Waals surface area contributed by atoms with E-state index in [2.05, 4.69) is 38.1 Å². The smallest absolute Gasteiger partial charge is 0.322 e. The third kappa shape index (κ3) is 2.48. The summed E-state index contributed by atoms with van der Waals surface area (Å²) in [5, 5.41) is 14.7. The van der Waals surface area contributed by atoms with Gasteiger partial charge in [0.25, 0.3) is 5.91 Å². The highest BCUT2D eigenvalue weighted by molar-refractivity contribution is 14.1. The number of aliphatic hydroxyl groups is 1. The zero-order chi connectivity index (χ0) is 15.0. The molecule has 2 unspecified atom stereocenters. The molecular weight excluding hydrogens is 385 g/mol. The number of hydrogen-bond acceptors (Lipinski definition) is 4. The van der Waals surface area contributed by atoms with Gasteiger partial charge in [0.15, 0.2) is 0 Å². The minimum atomic E-state index is -0.967. The van der Waals surface area contributed by atoms with E-state index in [1.165, 1.54) is 0 Å². The third-order valence-electron chi connectivity index (χ3n) is 4.29. The first-order valence-corrected chi connectivity index (χ1v) is 7.88. The molecule has 6 nitrogen and oxygen atoms in total. The maximum Gasteiger partial charge on any atom is 0.322 e. The first-order chi connectivity index (χ1) is 10.0. The Kier molecular flexibility index (Phi) is 3.78. The Morgan fingerprint density at radius 3 is 2.62 bits per heavy atom. The van der Waals surface area contributed by atoms with Gasteiger partial charge in [0.1, 0.15) is 5.54 Å². The monoisotopic (exact) mass is 401 g/mol. The molecule has 3 rings (SSSR count). The van der Waals surface area contributed by atoms with Gasteiger partial charge in [-0.2, -0.15) is 0 Å². The molecule has 0 aromatic heterocycles. The number of piperidine rings is 1. The summed E-state index contributed by atoms with van der Waals surface area (Å²) in [6, 6.07) is 7.64. The number of carbonyl (C=O) groups excluding carboxylic acids is 2. The molecule has 0 saturated carbocycles. The van der Waals surface area contributed by atoms with Crippen molar-refractivity contribution in [2.75, 3.05) is 24.6 Å². The first-order valence-electron chi connectivity index (χ1n) is 6.80. The number of imide groups is 1. The van der Waals surface area contributed by atoms with E-state index in [4.69, 9.17) is 0 Å². The average Bonchev–Trinajstić information content (AvgIpc) is 2.75. The highest BCUT2D eigenvalue weighted by Crippen LogP contribution is 2.33. The van der Waals surface area contributed by atoms with Crippen molar-refractivity contribution < 1.29 is 14.7 Å². The number of nitrogens with zero attached hydrogens (tertiary/aromatic N) is 1.